The molecule has 0 radical (unpaired) electrons. The van der Waals surface area contributed by atoms with Crippen LogP contribution in [0.25, 0.3) is 11.0 Å². The molecule has 2 atom stereocenters. The Labute approximate surface area is 166 Å². The van der Waals surface area contributed by atoms with Crippen LogP contribution in [0, 0.1) is 5.82 Å². The van der Waals surface area contributed by atoms with Crippen LogP contribution in [0.5, 0.6) is 0 Å². The van der Waals surface area contributed by atoms with Crippen molar-refractivity contribution in [3.63, 3.8) is 0 Å². The summed E-state index contributed by atoms with van der Waals surface area (Å²) >= 11 is 0. The van der Waals surface area contributed by atoms with Crippen molar-refractivity contribution in [2.24, 2.45) is 0 Å². The second-order valence-electron chi connectivity index (χ2n) is 8.01. The molecule has 1 aromatic carbocycles. The second-order valence-corrected chi connectivity index (χ2v) is 8.01. The Morgan fingerprint density at radius 1 is 1.17 bits per heavy atom. The minimum absolute atomic E-state index is 0.00206. The summed E-state index contributed by atoms with van der Waals surface area (Å²) in [5.74, 6) is -0.298. The van der Waals surface area contributed by atoms with E-state index in [1.165, 1.54) is 12.1 Å². The number of aromatic nitrogens is 1. The fraction of sp³-hybridized carbons (Fsp3) is 0.550. The molecule has 3 amide bonds. The molecule has 8 nitrogen and oxygen atoms in total. The van der Waals surface area contributed by atoms with Gasteiger partial charge in [0.25, 0.3) is 0 Å². The van der Waals surface area contributed by atoms with Crippen LogP contribution in [-0.4, -0.2) is 71.8 Å². The molecule has 4 heterocycles. The van der Waals surface area contributed by atoms with Gasteiger partial charge in [-0.2, -0.15) is 0 Å². The molecule has 1 aromatic heterocycles. The normalized spacial score (nSPS) is 25.8. The lowest BCUT2D eigenvalue weighted by Gasteiger charge is -2.43. The molecule has 0 saturated carbocycles. The first-order valence-corrected chi connectivity index (χ1v) is 10.1. The van der Waals surface area contributed by atoms with Gasteiger partial charge in [-0.3, -0.25) is 4.79 Å². The van der Waals surface area contributed by atoms with Crippen molar-refractivity contribution in [1.82, 2.24) is 20.3 Å². The van der Waals surface area contributed by atoms with Gasteiger partial charge >= 0.3 is 6.03 Å². The summed E-state index contributed by atoms with van der Waals surface area (Å²) in [6.45, 7) is 2.43. The molecular weight excluding hydrogens is 379 g/mol. The molecule has 0 aliphatic carbocycles. The SMILES string of the molecule is O=C1COC2CCN(C(=O)N3CCC(c4noc5ccc(F)cc45)CC3)CC2N1. The number of nitrogens with one attached hydrogen (secondary N) is 1. The quantitative estimate of drug-likeness (QED) is 0.787. The molecule has 2 unspecified atom stereocenters. The Balaban J connectivity index is 1.22. The fourth-order valence-corrected chi connectivity index (χ4v) is 4.64. The predicted octanol–water partition coefficient (Wildman–Crippen LogP) is 1.86. The minimum Gasteiger partial charge on any atom is -0.366 e. The van der Waals surface area contributed by atoms with Crippen molar-refractivity contribution in [3.05, 3.63) is 29.7 Å². The van der Waals surface area contributed by atoms with Crippen LogP contribution in [0.15, 0.2) is 22.7 Å². The van der Waals surface area contributed by atoms with Gasteiger partial charge in [-0.15, -0.1) is 0 Å². The maximum absolute atomic E-state index is 13.6. The van der Waals surface area contributed by atoms with Crippen molar-refractivity contribution < 1.29 is 23.2 Å². The summed E-state index contributed by atoms with van der Waals surface area (Å²) in [5, 5.41) is 7.80. The number of fused-ring (bicyclic) bond motifs is 2. The first-order valence-electron chi connectivity index (χ1n) is 10.1. The fourth-order valence-electron chi connectivity index (χ4n) is 4.64. The molecule has 0 bridgehead atoms. The van der Waals surface area contributed by atoms with E-state index in [9.17, 15) is 14.0 Å². The summed E-state index contributed by atoms with van der Waals surface area (Å²) in [5.41, 5.74) is 1.36. The van der Waals surface area contributed by atoms with Crippen molar-refractivity contribution in [3.8, 4) is 0 Å². The van der Waals surface area contributed by atoms with Crippen molar-refractivity contribution in [1.29, 1.82) is 0 Å². The molecule has 3 fully saturated rings. The summed E-state index contributed by atoms with van der Waals surface area (Å²) in [6, 6.07) is 4.28. The third kappa shape index (κ3) is 3.43. The van der Waals surface area contributed by atoms with Crippen LogP contribution in [-0.2, 0) is 9.53 Å². The number of morpholine rings is 1. The van der Waals surface area contributed by atoms with Crippen molar-refractivity contribution in [2.75, 3.05) is 32.8 Å². The molecule has 1 N–H and O–H groups in total. The number of carbonyl (C=O) groups excluding carboxylic acids is 2. The van der Waals surface area contributed by atoms with Gasteiger partial charge in [-0.1, -0.05) is 5.16 Å². The van der Waals surface area contributed by atoms with Crippen LogP contribution < -0.4 is 5.32 Å². The number of likely N-dealkylation sites (tertiary alicyclic amines) is 2. The summed E-state index contributed by atoms with van der Waals surface area (Å²) in [7, 11) is 0. The van der Waals surface area contributed by atoms with E-state index in [0.717, 1.165) is 25.0 Å². The number of halogens is 1. The zero-order valence-corrected chi connectivity index (χ0v) is 16.0. The first kappa shape index (κ1) is 18.4. The van der Waals surface area contributed by atoms with E-state index in [-0.39, 0.29) is 42.4 Å². The first-order chi connectivity index (χ1) is 14.1. The molecule has 3 aliphatic rings. The number of amides is 3. The van der Waals surface area contributed by atoms with Gasteiger partial charge in [0.15, 0.2) is 5.58 Å². The van der Waals surface area contributed by atoms with E-state index in [1.54, 1.807) is 11.0 Å². The maximum Gasteiger partial charge on any atom is 0.320 e. The lowest BCUT2D eigenvalue weighted by molar-refractivity contribution is -0.139. The molecule has 5 rings (SSSR count). The van der Waals surface area contributed by atoms with Crippen molar-refractivity contribution in [2.45, 2.75) is 37.3 Å². The Morgan fingerprint density at radius 2 is 1.97 bits per heavy atom. The van der Waals surface area contributed by atoms with E-state index in [1.807, 2.05) is 4.90 Å². The number of rotatable bonds is 1. The van der Waals surface area contributed by atoms with Gasteiger partial charge in [0.05, 0.1) is 17.8 Å². The number of nitrogens with zero attached hydrogens (tertiary/aromatic N) is 3. The maximum atomic E-state index is 13.6. The molecule has 3 aliphatic heterocycles. The number of hydrogen-bond acceptors (Lipinski definition) is 5. The number of piperidine rings is 2. The average Bonchev–Trinajstić information content (AvgIpc) is 3.16. The van der Waals surface area contributed by atoms with E-state index in [2.05, 4.69) is 10.5 Å². The van der Waals surface area contributed by atoms with Crippen LogP contribution in [0.2, 0.25) is 0 Å². The topological polar surface area (TPSA) is 87.9 Å². The molecule has 2 aromatic rings. The number of benzene rings is 1. The smallest absolute Gasteiger partial charge is 0.320 e. The monoisotopic (exact) mass is 402 g/mol. The van der Waals surface area contributed by atoms with Crippen molar-refractivity contribution >= 4 is 22.9 Å². The predicted molar refractivity (Wildman–Crippen MR) is 101 cm³/mol. The van der Waals surface area contributed by atoms with Gasteiger partial charge < -0.3 is 24.4 Å². The van der Waals surface area contributed by atoms with E-state index in [4.69, 9.17) is 9.26 Å². The zero-order valence-electron chi connectivity index (χ0n) is 16.0. The number of hydrogen-bond donors (Lipinski definition) is 1. The van der Waals surface area contributed by atoms with Gasteiger partial charge in [0, 0.05) is 37.5 Å². The average molecular weight is 402 g/mol. The van der Waals surface area contributed by atoms with Crippen LogP contribution in [0.1, 0.15) is 30.9 Å². The lowest BCUT2D eigenvalue weighted by Crippen LogP contribution is -2.62. The molecule has 0 spiro atoms. The number of carbonyl (C=O) groups is 2. The molecule has 9 heteroatoms. The van der Waals surface area contributed by atoms with Crippen LogP contribution in [0.3, 0.4) is 0 Å². The molecule has 3 saturated heterocycles. The summed E-state index contributed by atoms with van der Waals surface area (Å²) in [4.78, 5) is 28.2. The molecule has 29 heavy (non-hydrogen) atoms. The Bertz CT molecular complexity index is 940. The van der Waals surface area contributed by atoms with E-state index >= 15 is 0 Å². The van der Waals surface area contributed by atoms with Crippen LogP contribution >= 0.6 is 0 Å². The highest BCUT2D eigenvalue weighted by atomic mass is 19.1. The molecular formula is C20H23FN4O4. The highest BCUT2D eigenvalue weighted by Gasteiger charge is 2.38. The second kappa shape index (κ2) is 7.29. The Morgan fingerprint density at radius 3 is 2.79 bits per heavy atom. The Hall–Kier alpha value is -2.68. The van der Waals surface area contributed by atoms with Crippen LogP contribution in [0.4, 0.5) is 9.18 Å². The van der Waals surface area contributed by atoms with Gasteiger partial charge in [-0.05, 0) is 37.5 Å². The number of urea groups is 1. The minimum atomic E-state index is -0.309. The summed E-state index contributed by atoms with van der Waals surface area (Å²) < 4.78 is 24.5. The van der Waals surface area contributed by atoms with Gasteiger partial charge in [0.1, 0.15) is 12.4 Å². The largest absolute Gasteiger partial charge is 0.366 e. The Kier molecular flexibility index (Phi) is 4.61. The summed E-state index contributed by atoms with van der Waals surface area (Å²) in [6.07, 6.45) is 2.22. The zero-order chi connectivity index (χ0) is 20.0. The van der Waals surface area contributed by atoms with Gasteiger partial charge in [0.2, 0.25) is 5.91 Å². The highest BCUT2D eigenvalue weighted by Crippen LogP contribution is 2.33. The standard InChI is InChI=1S/C20H23FN4O4/c21-13-1-2-16-14(9-13)19(23-29-16)12-3-6-24(7-4-12)20(27)25-8-5-17-15(10-25)22-18(26)11-28-17/h1-2,9,12,15,17H,3-8,10-11H2,(H,22,26). The van der Waals surface area contributed by atoms with E-state index < -0.39 is 0 Å². The highest BCUT2D eigenvalue weighted by molar-refractivity contribution is 5.80. The lowest BCUT2D eigenvalue weighted by atomic mass is 9.91. The third-order valence-corrected chi connectivity index (χ3v) is 6.21. The number of ether oxygens (including phenoxy) is 1. The third-order valence-electron chi connectivity index (χ3n) is 6.21. The van der Waals surface area contributed by atoms with E-state index in [0.29, 0.717) is 37.1 Å². The molecule has 154 valence electrons. The van der Waals surface area contributed by atoms with Gasteiger partial charge in [-0.25, -0.2) is 9.18 Å².